The van der Waals surface area contributed by atoms with Crippen molar-refractivity contribution in [3.63, 3.8) is 0 Å². The Labute approximate surface area is 222 Å². The second-order valence-electron chi connectivity index (χ2n) is 10.5. The molecule has 2 saturated heterocycles. The normalized spacial score (nSPS) is 34.4. The number of rotatable bonds is 9. The fraction of sp³-hybridized carbons (Fsp3) is 0.640. The molecule has 2 aliphatic rings. The average molecular weight is 559 g/mol. The zero-order valence-corrected chi connectivity index (χ0v) is 21.3. The number of aromatic hydroxyl groups is 1. The highest BCUT2D eigenvalue weighted by molar-refractivity contribution is 5.79. The van der Waals surface area contributed by atoms with Crippen LogP contribution in [0.4, 0.5) is 0 Å². The van der Waals surface area contributed by atoms with E-state index in [0.29, 0.717) is 10.9 Å². The van der Waals surface area contributed by atoms with Gasteiger partial charge in [0.15, 0.2) is 12.6 Å². The second kappa shape index (κ2) is 11.3. The third-order valence-corrected chi connectivity index (χ3v) is 6.99. The summed E-state index contributed by atoms with van der Waals surface area (Å²) in [4.78, 5) is 11.5. The van der Waals surface area contributed by atoms with Crippen molar-refractivity contribution in [2.24, 2.45) is 0 Å². The second-order valence-corrected chi connectivity index (χ2v) is 10.5. The molecule has 1 aromatic carbocycles. The number of phenols is 1. The smallest absolute Gasteiger partial charge is 0.336 e. The largest absolute Gasteiger partial charge is 0.508 e. The van der Waals surface area contributed by atoms with E-state index in [0.717, 1.165) is 0 Å². The number of phenolic OH excluding ortho intramolecular Hbond substituents is 1. The summed E-state index contributed by atoms with van der Waals surface area (Å²) in [5.74, 6) is -0.237. The lowest BCUT2D eigenvalue weighted by atomic mass is 9.93. The average Bonchev–Trinajstić information content (AvgIpc) is 3.16. The van der Waals surface area contributed by atoms with Crippen molar-refractivity contribution in [2.75, 3.05) is 19.8 Å². The summed E-state index contributed by atoms with van der Waals surface area (Å²) in [7, 11) is 0. The van der Waals surface area contributed by atoms with Crippen LogP contribution in [0.5, 0.6) is 5.75 Å². The Hall–Kier alpha value is -2.21. The maximum atomic E-state index is 11.5. The molecule has 218 valence electrons. The molecule has 3 heterocycles. The number of hydrogen-bond donors (Lipinski definition) is 8. The van der Waals surface area contributed by atoms with Gasteiger partial charge in [-0.25, -0.2) is 4.79 Å². The molecule has 0 spiro atoms. The summed E-state index contributed by atoms with van der Waals surface area (Å²) in [6, 6.07) is 5.52. The monoisotopic (exact) mass is 558 g/mol. The third-order valence-electron chi connectivity index (χ3n) is 6.99. The SMILES string of the molecule is CC(C)(O)C(Cc1cc2ccc(=O)oc2cc1O)OC1OC(COC2OCC(O)(CO)C2O)C(O)C(O)C1O. The number of aliphatic hydroxyl groups is 7. The molecule has 9 unspecified atom stereocenters. The highest BCUT2D eigenvalue weighted by atomic mass is 16.7. The zero-order chi connectivity index (χ0) is 28.7. The Kier molecular flexibility index (Phi) is 8.66. The molecular formula is C25H34O14. The molecule has 0 radical (unpaired) electrons. The maximum Gasteiger partial charge on any atom is 0.336 e. The number of benzene rings is 1. The van der Waals surface area contributed by atoms with Gasteiger partial charge in [0.1, 0.15) is 47.5 Å². The highest BCUT2D eigenvalue weighted by Gasteiger charge is 2.50. The summed E-state index contributed by atoms with van der Waals surface area (Å²) < 4.78 is 27.1. The molecule has 14 heteroatoms. The predicted molar refractivity (Wildman–Crippen MR) is 129 cm³/mol. The summed E-state index contributed by atoms with van der Waals surface area (Å²) in [6.07, 6.45) is -12.2. The molecule has 1 aromatic heterocycles. The molecule has 0 amide bonds. The Balaban J connectivity index is 1.49. The van der Waals surface area contributed by atoms with Crippen LogP contribution >= 0.6 is 0 Å². The molecular weight excluding hydrogens is 524 g/mol. The lowest BCUT2D eigenvalue weighted by Crippen LogP contribution is -2.61. The van der Waals surface area contributed by atoms with Gasteiger partial charge in [0, 0.05) is 23.9 Å². The van der Waals surface area contributed by atoms with E-state index in [-0.39, 0.29) is 17.8 Å². The molecule has 9 atom stereocenters. The van der Waals surface area contributed by atoms with E-state index in [1.807, 2.05) is 0 Å². The summed E-state index contributed by atoms with van der Waals surface area (Å²) in [5, 5.41) is 82.7. The quantitative estimate of drug-likeness (QED) is 0.148. The highest BCUT2D eigenvalue weighted by Crippen LogP contribution is 2.32. The summed E-state index contributed by atoms with van der Waals surface area (Å²) >= 11 is 0. The van der Waals surface area contributed by atoms with Crippen LogP contribution in [0.25, 0.3) is 11.0 Å². The Morgan fingerprint density at radius 1 is 1.10 bits per heavy atom. The van der Waals surface area contributed by atoms with E-state index in [1.54, 1.807) is 6.07 Å². The van der Waals surface area contributed by atoms with Gasteiger partial charge in [0.05, 0.1) is 31.5 Å². The van der Waals surface area contributed by atoms with E-state index in [4.69, 9.17) is 23.4 Å². The summed E-state index contributed by atoms with van der Waals surface area (Å²) in [5.41, 5.74) is -3.61. The number of hydrogen-bond acceptors (Lipinski definition) is 14. The van der Waals surface area contributed by atoms with Crippen LogP contribution in [-0.2, 0) is 25.4 Å². The van der Waals surface area contributed by atoms with Gasteiger partial charge in [-0.2, -0.15) is 0 Å². The van der Waals surface area contributed by atoms with Crippen molar-refractivity contribution < 1.29 is 64.2 Å². The van der Waals surface area contributed by atoms with E-state index in [2.05, 4.69) is 0 Å². The molecule has 2 aliphatic heterocycles. The summed E-state index contributed by atoms with van der Waals surface area (Å²) in [6.45, 7) is 1.19. The van der Waals surface area contributed by atoms with E-state index in [9.17, 15) is 45.6 Å². The van der Waals surface area contributed by atoms with Crippen LogP contribution < -0.4 is 5.63 Å². The van der Waals surface area contributed by atoms with Gasteiger partial charge >= 0.3 is 5.63 Å². The third kappa shape index (κ3) is 6.26. The van der Waals surface area contributed by atoms with E-state index < -0.39 is 85.9 Å². The molecule has 0 aliphatic carbocycles. The van der Waals surface area contributed by atoms with Gasteiger partial charge < -0.3 is 64.2 Å². The van der Waals surface area contributed by atoms with E-state index >= 15 is 0 Å². The number of aliphatic hydroxyl groups excluding tert-OH is 5. The lowest BCUT2D eigenvalue weighted by molar-refractivity contribution is -0.327. The van der Waals surface area contributed by atoms with Crippen molar-refractivity contribution in [1.82, 2.24) is 0 Å². The van der Waals surface area contributed by atoms with Gasteiger partial charge in [0.2, 0.25) is 0 Å². The van der Waals surface area contributed by atoms with Crippen molar-refractivity contribution in [3.8, 4) is 5.75 Å². The minimum Gasteiger partial charge on any atom is -0.508 e. The molecule has 0 bridgehead atoms. The number of fused-ring (bicyclic) bond motifs is 1. The first-order valence-corrected chi connectivity index (χ1v) is 12.3. The van der Waals surface area contributed by atoms with E-state index in [1.165, 1.54) is 32.0 Å². The standard InChI is InChI=1S/C25H34O14/c1-24(2,33)16(6-12-5-11-3-4-17(28)37-14(11)7-13(12)27)39-22-20(31)19(30)18(29)15(38-22)8-35-23-21(32)25(34,9-26)10-36-23/h3-5,7,15-16,18-23,26-27,29-34H,6,8-10H2,1-2H3. The molecule has 39 heavy (non-hydrogen) atoms. The van der Waals surface area contributed by atoms with Crippen LogP contribution in [0.3, 0.4) is 0 Å². The van der Waals surface area contributed by atoms with Crippen molar-refractivity contribution in [2.45, 2.75) is 80.7 Å². The topological polar surface area (TPSA) is 229 Å². The van der Waals surface area contributed by atoms with Crippen molar-refractivity contribution >= 4 is 11.0 Å². The fourth-order valence-electron chi connectivity index (χ4n) is 4.43. The van der Waals surface area contributed by atoms with Crippen molar-refractivity contribution in [3.05, 3.63) is 40.2 Å². The first-order valence-electron chi connectivity index (χ1n) is 12.3. The van der Waals surface area contributed by atoms with Crippen LogP contribution in [0, 0.1) is 0 Å². The Bertz CT molecular complexity index is 1190. The molecule has 2 aromatic rings. The fourth-order valence-corrected chi connectivity index (χ4v) is 4.43. The zero-order valence-electron chi connectivity index (χ0n) is 21.3. The van der Waals surface area contributed by atoms with Gasteiger partial charge in [-0.3, -0.25) is 0 Å². The Morgan fingerprint density at radius 3 is 2.46 bits per heavy atom. The molecule has 4 rings (SSSR count). The van der Waals surface area contributed by atoms with Gasteiger partial charge in [-0.15, -0.1) is 0 Å². The molecule has 0 saturated carbocycles. The van der Waals surface area contributed by atoms with Crippen LogP contribution in [0.1, 0.15) is 19.4 Å². The van der Waals surface area contributed by atoms with Gasteiger partial charge in [-0.05, 0) is 31.5 Å². The minimum atomic E-state index is -1.93. The predicted octanol–water partition coefficient (Wildman–Crippen LogP) is -2.54. The van der Waals surface area contributed by atoms with Crippen LogP contribution in [0.2, 0.25) is 0 Å². The van der Waals surface area contributed by atoms with Gasteiger partial charge in [-0.1, -0.05) is 0 Å². The molecule has 2 fully saturated rings. The van der Waals surface area contributed by atoms with Gasteiger partial charge in [0.25, 0.3) is 0 Å². The molecule has 8 N–H and O–H groups in total. The lowest BCUT2D eigenvalue weighted by Gasteiger charge is -2.43. The van der Waals surface area contributed by atoms with Crippen LogP contribution in [-0.4, -0.2) is 121 Å². The first-order chi connectivity index (χ1) is 18.2. The molecule has 14 nitrogen and oxygen atoms in total. The number of ether oxygens (including phenoxy) is 4. The van der Waals surface area contributed by atoms with Crippen LogP contribution in [0.15, 0.2) is 33.5 Å². The maximum absolute atomic E-state index is 11.5. The first kappa shape index (κ1) is 29.8. The van der Waals surface area contributed by atoms with Crippen molar-refractivity contribution in [1.29, 1.82) is 0 Å². The Morgan fingerprint density at radius 2 is 1.82 bits per heavy atom. The minimum absolute atomic E-state index is 0.0986.